The highest BCUT2D eigenvalue weighted by molar-refractivity contribution is 5.99. The molecule has 0 spiro atoms. The third-order valence-corrected chi connectivity index (χ3v) is 4.68. The summed E-state index contributed by atoms with van der Waals surface area (Å²) in [4.78, 5) is 27.1. The van der Waals surface area contributed by atoms with E-state index >= 15 is 0 Å². The van der Waals surface area contributed by atoms with Gasteiger partial charge in [-0.3, -0.25) is 14.6 Å². The molecular weight excluding hydrogens is 375 g/mol. The van der Waals surface area contributed by atoms with Gasteiger partial charge in [0.25, 0.3) is 0 Å². The lowest BCUT2D eigenvalue weighted by Crippen LogP contribution is -2.16. The second kappa shape index (κ2) is 7.71. The summed E-state index contributed by atoms with van der Waals surface area (Å²) >= 11 is 0. The number of ether oxygens (including phenoxy) is 2. The molecule has 6 nitrogen and oxygen atoms in total. The molecule has 2 N–H and O–H groups in total. The van der Waals surface area contributed by atoms with Crippen LogP contribution in [0.4, 0.5) is 4.39 Å². The number of hydrogen-bond donors (Lipinski definition) is 1. The molecule has 0 radical (unpaired) electrons. The van der Waals surface area contributed by atoms with E-state index in [0.29, 0.717) is 41.2 Å². The summed E-state index contributed by atoms with van der Waals surface area (Å²) in [6.07, 6.45) is 2.11. The molecule has 1 aliphatic rings. The van der Waals surface area contributed by atoms with E-state index in [1.807, 2.05) is 0 Å². The molecule has 1 aliphatic heterocycles. The summed E-state index contributed by atoms with van der Waals surface area (Å²) in [5.41, 5.74) is 7.03. The van der Waals surface area contributed by atoms with Crippen LogP contribution in [0.1, 0.15) is 44.4 Å². The number of halogens is 1. The van der Waals surface area contributed by atoms with E-state index in [2.05, 4.69) is 4.98 Å². The van der Waals surface area contributed by atoms with Gasteiger partial charge in [0, 0.05) is 29.8 Å². The summed E-state index contributed by atoms with van der Waals surface area (Å²) in [5, 5.41) is 0. The first-order valence-corrected chi connectivity index (χ1v) is 8.99. The van der Waals surface area contributed by atoms with Crippen molar-refractivity contribution in [3.05, 3.63) is 89.0 Å². The Kier molecular flexibility index (Phi) is 4.95. The largest absolute Gasteiger partial charge is 0.492 e. The molecule has 4 rings (SSSR count). The van der Waals surface area contributed by atoms with Gasteiger partial charge in [-0.15, -0.1) is 0 Å². The van der Waals surface area contributed by atoms with Crippen LogP contribution in [0.3, 0.4) is 0 Å². The van der Waals surface area contributed by atoms with Crippen LogP contribution in [0.2, 0.25) is 0 Å². The highest BCUT2D eigenvalue weighted by Crippen LogP contribution is 2.34. The number of nitrogens with zero attached hydrogens (tertiary/aromatic N) is 1. The molecule has 0 saturated carbocycles. The van der Waals surface area contributed by atoms with Crippen molar-refractivity contribution in [1.29, 1.82) is 0 Å². The number of amides is 1. The maximum absolute atomic E-state index is 14.5. The van der Waals surface area contributed by atoms with Crippen molar-refractivity contribution in [2.75, 3.05) is 6.61 Å². The molecule has 146 valence electrons. The molecule has 29 heavy (non-hydrogen) atoms. The molecule has 0 saturated heterocycles. The average molecular weight is 392 g/mol. The van der Waals surface area contributed by atoms with E-state index in [4.69, 9.17) is 15.2 Å². The van der Waals surface area contributed by atoms with Crippen molar-refractivity contribution >= 4 is 11.7 Å². The number of aromatic nitrogens is 1. The number of pyridine rings is 1. The molecule has 2 heterocycles. The van der Waals surface area contributed by atoms with Crippen molar-refractivity contribution in [2.45, 2.75) is 12.5 Å². The van der Waals surface area contributed by atoms with Gasteiger partial charge in [-0.2, -0.15) is 0 Å². The summed E-state index contributed by atoms with van der Waals surface area (Å²) in [6, 6.07) is 12.9. The van der Waals surface area contributed by atoms with E-state index in [9.17, 15) is 14.0 Å². The second-order valence-corrected chi connectivity index (χ2v) is 6.56. The van der Waals surface area contributed by atoms with Gasteiger partial charge in [-0.05, 0) is 35.9 Å². The van der Waals surface area contributed by atoms with E-state index in [-0.39, 0.29) is 11.3 Å². The lowest BCUT2D eigenvalue weighted by molar-refractivity contribution is 0.0932. The zero-order chi connectivity index (χ0) is 20.4. The minimum Gasteiger partial charge on any atom is -0.492 e. The number of primary amides is 1. The van der Waals surface area contributed by atoms with Crippen LogP contribution in [0, 0.1) is 5.82 Å². The van der Waals surface area contributed by atoms with Crippen LogP contribution in [0.5, 0.6) is 11.5 Å². The second-order valence-electron chi connectivity index (χ2n) is 6.56. The van der Waals surface area contributed by atoms with Crippen LogP contribution < -0.4 is 15.2 Å². The summed E-state index contributed by atoms with van der Waals surface area (Å²) in [6.45, 7) is 0.312. The van der Waals surface area contributed by atoms with Crippen LogP contribution in [0.15, 0.2) is 60.9 Å². The number of nitrogens with two attached hydrogens (primary N) is 1. The number of Topliss-reactive ketones (excluding diaryl/α,β-unsaturated/α-hetero) is 1. The van der Waals surface area contributed by atoms with Gasteiger partial charge in [-0.25, -0.2) is 4.39 Å². The van der Waals surface area contributed by atoms with Crippen molar-refractivity contribution in [1.82, 2.24) is 4.98 Å². The lowest BCUT2D eigenvalue weighted by atomic mass is 10.00. The van der Waals surface area contributed by atoms with Crippen LogP contribution in [-0.4, -0.2) is 23.3 Å². The zero-order valence-electron chi connectivity index (χ0n) is 15.3. The molecule has 7 heteroatoms. The highest BCUT2D eigenvalue weighted by atomic mass is 19.1. The standard InChI is InChI=1S/C22H17FN2O4/c23-18-12-25-9-7-16(18)21(13-1-3-14(4-2-13)22(24)27)29-15-5-6-17-19(26)8-10-28-20(17)11-15/h1-7,9,11-12,21H,8,10H2,(H2,24,27). The molecule has 1 unspecified atom stereocenters. The Morgan fingerprint density at radius 2 is 1.97 bits per heavy atom. The van der Waals surface area contributed by atoms with Gasteiger partial charge in [-0.1, -0.05) is 12.1 Å². The molecule has 1 atom stereocenters. The van der Waals surface area contributed by atoms with E-state index in [1.54, 1.807) is 42.5 Å². The van der Waals surface area contributed by atoms with Crippen molar-refractivity contribution in [3.63, 3.8) is 0 Å². The molecule has 1 aromatic heterocycles. The van der Waals surface area contributed by atoms with E-state index < -0.39 is 17.8 Å². The normalized spacial score (nSPS) is 13.9. The molecule has 0 bridgehead atoms. The fourth-order valence-corrected chi connectivity index (χ4v) is 3.18. The van der Waals surface area contributed by atoms with Gasteiger partial charge in [0.1, 0.15) is 17.3 Å². The summed E-state index contributed by atoms with van der Waals surface area (Å²) in [7, 11) is 0. The quantitative estimate of drug-likeness (QED) is 0.718. The SMILES string of the molecule is NC(=O)c1ccc(C(Oc2ccc3c(c2)OCCC3=O)c2ccncc2F)cc1. The third-order valence-electron chi connectivity index (χ3n) is 4.68. The molecule has 0 fully saturated rings. The lowest BCUT2D eigenvalue weighted by Gasteiger charge is -2.22. The Labute approximate surface area is 166 Å². The fraction of sp³-hybridized carbons (Fsp3) is 0.136. The average Bonchev–Trinajstić information content (AvgIpc) is 2.73. The van der Waals surface area contributed by atoms with Gasteiger partial charge in [0.05, 0.1) is 18.4 Å². The zero-order valence-corrected chi connectivity index (χ0v) is 15.3. The number of rotatable bonds is 5. The molecule has 1 amide bonds. The summed E-state index contributed by atoms with van der Waals surface area (Å²) in [5.74, 6) is -0.214. The number of carbonyl (C=O) groups excluding carboxylic acids is 2. The summed E-state index contributed by atoms with van der Waals surface area (Å²) < 4.78 is 26.1. The minimum atomic E-state index is -0.808. The first-order chi connectivity index (χ1) is 14.0. The Balaban J connectivity index is 1.72. The molecule has 0 aliphatic carbocycles. The topological polar surface area (TPSA) is 91.5 Å². The Bertz CT molecular complexity index is 1080. The van der Waals surface area contributed by atoms with Gasteiger partial charge in [0.15, 0.2) is 11.9 Å². The number of benzene rings is 2. The molecule has 2 aromatic carbocycles. The fourth-order valence-electron chi connectivity index (χ4n) is 3.18. The van der Waals surface area contributed by atoms with E-state index in [1.165, 1.54) is 12.3 Å². The predicted molar refractivity (Wildman–Crippen MR) is 103 cm³/mol. The third kappa shape index (κ3) is 3.80. The number of carbonyl (C=O) groups is 2. The predicted octanol–water partition coefficient (Wildman–Crippen LogP) is 3.45. The first kappa shape index (κ1) is 18.6. The minimum absolute atomic E-state index is 0.0107. The van der Waals surface area contributed by atoms with Crippen LogP contribution in [0.25, 0.3) is 0 Å². The van der Waals surface area contributed by atoms with Gasteiger partial charge >= 0.3 is 0 Å². The first-order valence-electron chi connectivity index (χ1n) is 8.99. The Hall–Kier alpha value is -3.74. The maximum atomic E-state index is 14.5. The smallest absolute Gasteiger partial charge is 0.248 e. The van der Waals surface area contributed by atoms with Crippen LogP contribution >= 0.6 is 0 Å². The van der Waals surface area contributed by atoms with Gasteiger partial charge < -0.3 is 15.2 Å². The monoisotopic (exact) mass is 392 g/mol. The Morgan fingerprint density at radius 3 is 2.69 bits per heavy atom. The van der Waals surface area contributed by atoms with Crippen molar-refractivity contribution < 1.29 is 23.5 Å². The van der Waals surface area contributed by atoms with Crippen molar-refractivity contribution in [2.24, 2.45) is 5.73 Å². The van der Waals surface area contributed by atoms with Crippen molar-refractivity contribution in [3.8, 4) is 11.5 Å². The number of ketones is 1. The maximum Gasteiger partial charge on any atom is 0.248 e. The van der Waals surface area contributed by atoms with Crippen LogP contribution in [-0.2, 0) is 0 Å². The molecule has 3 aromatic rings. The Morgan fingerprint density at radius 1 is 1.17 bits per heavy atom. The molecular formula is C22H17FN2O4. The van der Waals surface area contributed by atoms with E-state index in [0.717, 1.165) is 6.20 Å². The highest BCUT2D eigenvalue weighted by Gasteiger charge is 2.23. The number of fused-ring (bicyclic) bond motifs is 1. The number of hydrogen-bond acceptors (Lipinski definition) is 5. The van der Waals surface area contributed by atoms with Gasteiger partial charge in [0.2, 0.25) is 5.91 Å².